The molecule has 2 unspecified atom stereocenters. The number of hydrogen-bond acceptors (Lipinski definition) is 0. The summed E-state index contributed by atoms with van der Waals surface area (Å²) < 4.78 is 0. The van der Waals surface area contributed by atoms with Crippen molar-refractivity contribution in [3.8, 4) is 22.3 Å². The maximum absolute atomic E-state index is 2.47. The molecule has 0 N–H and O–H groups in total. The molecule has 3 heteroatoms. The molecule has 2 atom stereocenters. The third-order valence-electron chi connectivity index (χ3n) is 9.73. The van der Waals surface area contributed by atoms with Gasteiger partial charge in [0.05, 0.1) is 0 Å². The van der Waals surface area contributed by atoms with Gasteiger partial charge in [0.25, 0.3) is 0 Å². The van der Waals surface area contributed by atoms with Crippen molar-refractivity contribution in [2.75, 3.05) is 0 Å². The minimum atomic E-state index is 0. The van der Waals surface area contributed by atoms with E-state index in [2.05, 4.69) is 147 Å². The van der Waals surface area contributed by atoms with Crippen LogP contribution in [0.3, 0.4) is 0 Å². The summed E-state index contributed by atoms with van der Waals surface area (Å²) in [5.41, 5.74) is 14.3. The molecule has 0 spiro atoms. The third kappa shape index (κ3) is 5.57. The first-order chi connectivity index (χ1) is 21.2. The molecular formula is C42H36Li2Si. The average Bonchev–Trinajstić information content (AvgIpc) is 3.55. The fourth-order valence-electron chi connectivity index (χ4n) is 7.55. The molecule has 2 aliphatic carbocycles. The van der Waals surface area contributed by atoms with Gasteiger partial charge in [-0.25, -0.2) is 0 Å². The van der Waals surface area contributed by atoms with E-state index in [1.54, 1.807) is 0 Å². The maximum Gasteiger partial charge on any atom is 1.00 e. The molecule has 8 rings (SSSR count). The standard InChI is InChI=1S/C42H34Si.2Li.2H/c1-27-23-39-35(33-17-7-13-29-11-3-5-15-31(29)33)19-9-21-37(39)41(27)25-43-26-42-28(2)24-40-36(20-10-22-38(40)42)34-18-8-14-30-12-4-6-16-32(30)34;;;;/h3-24,41-42H,25-26H2,1-2H3;;;;/q;2*+1;2*-1. The van der Waals surface area contributed by atoms with Gasteiger partial charge in [-0.3, -0.25) is 0 Å². The van der Waals surface area contributed by atoms with Crippen LogP contribution in [-0.4, -0.2) is 9.52 Å². The average molecular weight is 583 g/mol. The van der Waals surface area contributed by atoms with Gasteiger partial charge >= 0.3 is 37.7 Å². The zero-order valence-electron chi connectivity index (χ0n) is 28.8. The number of hydrogen-bond donors (Lipinski definition) is 0. The van der Waals surface area contributed by atoms with Crippen molar-refractivity contribution in [1.29, 1.82) is 0 Å². The van der Waals surface area contributed by atoms with Gasteiger partial charge < -0.3 is 2.85 Å². The van der Waals surface area contributed by atoms with Crippen molar-refractivity contribution in [2.24, 2.45) is 0 Å². The largest absolute Gasteiger partial charge is 1.00 e. The smallest absolute Gasteiger partial charge is 1.00 e. The van der Waals surface area contributed by atoms with Gasteiger partial charge in [0.2, 0.25) is 0 Å². The van der Waals surface area contributed by atoms with Crippen molar-refractivity contribution in [1.82, 2.24) is 0 Å². The molecule has 210 valence electrons. The molecule has 0 nitrogen and oxygen atoms in total. The second-order valence-electron chi connectivity index (χ2n) is 12.2. The number of allylic oxidation sites excluding steroid dienone is 2. The van der Waals surface area contributed by atoms with E-state index in [0.29, 0.717) is 11.8 Å². The predicted molar refractivity (Wildman–Crippen MR) is 189 cm³/mol. The van der Waals surface area contributed by atoms with Crippen molar-refractivity contribution in [2.45, 2.75) is 37.8 Å². The van der Waals surface area contributed by atoms with Crippen LogP contribution in [0.15, 0.2) is 132 Å². The van der Waals surface area contributed by atoms with E-state index >= 15 is 0 Å². The molecule has 6 aromatic rings. The van der Waals surface area contributed by atoms with Crippen LogP contribution in [0.25, 0.3) is 56.0 Å². The van der Waals surface area contributed by atoms with E-state index < -0.39 is 0 Å². The molecule has 0 saturated carbocycles. The zero-order chi connectivity index (χ0) is 28.9. The Kier molecular flexibility index (Phi) is 9.32. The predicted octanol–water partition coefficient (Wildman–Crippen LogP) is 5.80. The summed E-state index contributed by atoms with van der Waals surface area (Å²) in [6.45, 7) is 4.68. The quantitative estimate of drug-likeness (QED) is 0.218. The Morgan fingerprint density at radius 1 is 0.467 bits per heavy atom. The van der Waals surface area contributed by atoms with Crippen molar-refractivity contribution >= 4 is 43.2 Å². The fraction of sp³-hybridized carbons (Fsp3) is 0.143. The fourth-order valence-corrected chi connectivity index (χ4v) is 9.38. The Bertz CT molecular complexity index is 1960. The van der Waals surface area contributed by atoms with E-state index in [-0.39, 0.29) is 40.6 Å². The van der Waals surface area contributed by atoms with Gasteiger partial charge in [-0.2, -0.15) is 0 Å². The monoisotopic (exact) mass is 582 g/mol. The van der Waals surface area contributed by atoms with Crippen molar-refractivity contribution in [3.63, 3.8) is 0 Å². The molecular weight excluding hydrogens is 546 g/mol. The van der Waals surface area contributed by atoms with Crippen LogP contribution >= 0.6 is 0 Å². The zero-order valence-corrected chi connectivity index (χ0v) is 27.8. The Morgan fingerprint density at radius 2 is 0.844 bits per heavy atom. The van der Waals surface area contributed by atoms with Gasteiger partial charge in [0, 0.05) is 21.4 Å². The number of benzene rings is 6. The summed E-state index contributed by atoms with van der Waals surface area (Å²) in [4.78, 5) is 0. The Labute approximate surface area is 296 Å². The topological polar surface area (TPSA) is 0 Å². The number of fused-ring (bicyclic) bond motifs is 4. The van der Waals surface area contributed by atoms with E-state index in [0.717, 1.165) is 9.52 Å². The van der Waals surface area contributed by atoms with Crippen LogP contribution in [0, 0.1) is 0 Å². The van der Waals surface area contributed by atoms with Crippen LogP contribution in [0.1, 0.15) is 50.8 Å². The first-order valence-corrected chi connectivity index (χ1v) is 16.9. The van der Waals surface area contributed by atoms with E-state index in [9.17, 15) is 0 Å². The van der Waals surface area contributed by atoms with Gasteiger partial charge in [0.15, 0.2) is 0 Å². The van der Waals surface area contributed by atoms with Gasteiger partial charge in [0.1, 0.15) is 0 Å². The summed E-state index contributed by atoms with van der Waals surface area (Å²) in [6.07, 6.45) is 4.93. The van der Waals surface area contributed by atoms with Crippen LogP contribution in [0.4, 0.5) is 0 Å². The van der Waals surface area contributed by atoms with Crippen molar-refractivity contribution in [3.05, 3.63) is 155 Å². The van der Waals surface area contributed by atoms with Crippen molar-refractivity contribution < 1.29 is 40.6 Å². The molecule has 0 amide bonds. The molecule has 0 aliphatic heterocycles. The molecule has 45 heavy (non-hydrogen) atoms. The maximum atomic E-state index is 2.47. The summed E-state index contributed by atoms with van der Waals surface area (Å²) >= 11 is 0. The molecule has 0 bridgehead atoms. The normalized spacial score (nSPS) is 16.4. The van der Waals surface area contributed by atoms with Crippen LogP contribution in [0.2, 0.25) is 12.1 Å². The second-order valence-corrected chi connectivity index (χ2v) is 13.5. The minimum Gasteiger partial charge on any atom is -1.00 e. The third-order valence-corrected chi connectivity index (χ3v) is 11.1. The second kappa shape index (κ2) is 13.2. The Hall–Kier alpha value is -3.27. The SMILES string of the molecule is CC1=Cc2c(-c3cccc4ccccc34)cccc2C1C[Si]CC1C(C)=Cc2c(-c3cccc4ccccc34)cccc21.[H-].[H-].[Li+].[Li+]. The van der Waals surface area contributed by atoms with E-state index in [4.69, 9.17) is 0 Å². The summed E-state index contributed by atoms with van der Waals surface area (Å²) in [7, 11) is 0.910. The summed E-state index contributed by atoms with van der Waals surface area (Å²) in [5, 5.41) is 5.27. The molecule has 2 aliphatic rings. The summed E-state index contributed by atoms with van der Waals surface area (Å²) in [6, 6.07) is 47.3. The van der Waals surface area contributed by atoms with Gasteiger partial charge in [-0.1, -0.05) is 157 Å². The summed E-state index contributed by atoms with van der Waals surface area (Å²) in [5.74, 6) is 1.02. The molecule has 0 heterocycles. The Balaban J connectivity index is 0.00000125. The Morgan fingerprint density at radius 3 is 1.31 bits per heavy atom. The van der Waals surface area contributed by atoms with Crippen LogP contribution in [0.5, 0.6) is 0 Å². The van der Waals surface area contributed by atoms with Crippen LogP contribution in [-0.2, 0) is 0 Å². The molecule has 6 aromatic carbocycles. The molecule has 0 aromatic heterocycles. The molecule has 0 saturated heterocycles. The molecule has 2 radical (unpaired) electrons. The minimum absolute atomic E-state index is 0. The first-order valence-electron chi connectivity index (χ1n) is 15.5. The molecule has 0 fully saturated rings. The van der Waals surface area contributed by atoms with E-state index in [1.165, 1.54) is 89.3 Å². The first kappa shape index (κ1) is 31.7. The van der Waals surface area contributed by atoms with Crippen LogP contribution < -0.4 is 37.7 Å². The number of rotatable bonds is 6. The van der Waals surface area contributed by atoms with E-state index in [1.807, 2.05) is 0 Å². The van der Waals surface area contributed by atoms with Gasteiger partial charge in [-0.05, 0) is 79.9 Å². The van der Waals surface area contributed by atoms with Gasteiger partial charge in [-0.15, -0.1) is 0 Å².